The quantitative estimate of drug-likeness (QED) is 0.777. The van der Waals surface area contributed by atoms with Crippen LogP contribution in [0.25, 0.3) is 0 Å². The molecule has 0 saturated carbocycles. The normalized spacial score (nSPS) is 15.7. The molecule has 1 aromatic carbocycles. The summed E-state index contributed by atoms with van der Waals surface area (Å²) in [5.74, 6) is 0. The van der Waals surface area contributed by atoms with Crippen molar-refractivity contribution in [3.63, 3.8) is 0 Å². The number of hydrogen-bond donors (Lipinski definition) is 1. The van der Waals surface area contributed by atoms with E-state index < -0.39 is 10.0 Å². The topological polar surface area (TPSA) is 79.0 Å². The SMILES string of the molecule is CCc1ccccc1S(=O)(=O)NCCN(C(=O)N(C)C)C1CCOCC1. The average molecular weight is 384 g/mol. The number of rotatable bonds is 7. The Morgan fingerprint density at radius 3 is 2.50 bits per heavy atom. The van der Waals surface area contributed by atoms with Gasteiger partial charge in [0.05, 0.1) is 4.90 Å². The van der Waals surface area contributed by atoms with Crippen LogP contribution in [0.5, 0.6) is 0 Å². The van der Waals surface area contributed by atoms with Crippen molar-refractivity contribution in [1.82, 2.24) is 14.5 Å². The number of hydrogen-bond acceptors (Lipinski definition) is 4. The van der Waals surface area contributed by atoms with E-state index >= 15 is 0 Å². The Morgan fingerprint density at radius 2 is 1.88 bits per heavy atom. The van der Waals surface area contributed by atoms with Gasteiger partial charge in [-0.25, -0.2) is 17.9 Å². The molecule has 7 nitrogen and oxygen atoms in total. The molecule has 0 spiro atoms. The first-order valence-electron chi connectivity index (χ1n) is 9.00. The highest BCUT2D eigenvalue weighted by molar-refractivity contribution is 7.89. The van der Waals surface area contributed by atoms with E-state index in [0.29, 0.717) is 31.1 Å². The summed E-state index contributed by atoms with van der Waals surface area (Å²) >= 11 is 0. The molecule has 26 heavy (non-hydrogen) atoms. The molecule has 1 aliphatic heterocycles. The van der Waals surface area contributed by atoms with Gasteiger partial charge in [-0.15, -0.1) is 0 Å². The van der Waals surface area contributed by atoms with E-state index in [1.54, 1.807) is 31.1 Å². The fourth-order valence-electron chi connectivity index (χ4n) is 3.12. The third kappa shape index (κ3) is 5.18. The van der Waals surface area contributed by atoms with Crippen LogP contribution >= 0.6 is 0 Å². The van der Waals surface area contributed by atoms with Gasteiger partial charge in [-0.2, -0.15) is 0 Å². The fourth-order valence-corrected chi connectivity index (χ4v) is 4.46. The third-order valence-electron chi connectivity index (χ3n) is 4.55. The van der Waals surface area contributed by atoms with Crippen molar-refractivity contribution >= 4 is 16.1 Å². The number of carbonyl (C=O) groups is 1. The van der Waals surface area contributed by atoms with Crippen LogP contribution in [-0.2, 0) is 21.2 Å². The Labute approximate surface area is 156 Å². The molecule has 146 valence electrons. The predicted molar refractivity (Wildman–Crippen MR) is 101 cm³/mol. The number of nitrogens with one attached hydrogen (secondary N) is 1. The number of carbonyl (C=O) groups excluding carboxylic acids is 1. The molecule has 0 unspecified atom stereocenters. The van der Waals surface area contributed by atoms with Crippen molar-refractivity contribution in [2.24, 2.45) is 0 Å². The van der Waals surface area contributed by atoms with Crippen LogP contribution in [0, 0.1) is 0 Å². The first kappa shape index (κ1) is 20.7. The lowest BCUT2D eigenvalue weighted by Gasteiger charge is -2.36. The largest absolute Gasteiger partial charge is 0.381 e. The van der Waals surface area contributed by atoms with E-state index in [1.807, 2.05) is 19.1 Å². The molecule has 0 atom stereocenters. The summed E-state index contributed by atoms with van der Waals surface area (Å²) in [5.41, 5.74) is 0.783. The predicted octanol–water partition coefficient (Wildman–Crippen LogP) is 1.69. The van der Waals surface area contributed by atoms with E-state index in [4.69, 9.17) is 4.74 Å². The smallest absolute Gasteiger partial charge is 0.319 e. The Bertz CT molecular complexity index is 700. The van der Waals surface area contributed by atoms with Crippen molar-refractivity contribution < 1.29 is 17.9 Å². The van der Waals surface area contributed by atoms with Gasteiger partial charge in [-0.1, -0.05) is 25.1 Å². The Balaban J connectivity index is 2.05. The zero-order valence-corrected chi connectivity index (χ0v) is 16.6. The monoisotopic (exact) mass is 383 g/mol. The highest BCUT2D eigenvalue weighted by Gasteiger charge is 2.27. The van der Waals surface area contributed by atoms with Crippen molar-refractivity contribution in [3.05, 3.63) is 29.8 Å². The molecule has 0 bridgehead atoms. The van der Waals surface area contributed by atoms with Crippen LogP contribution in [0.15, 0.2) is 29.2 Å². The number of nitrogens with zero attached hydrogens (tertiary/aromatic N) is 2. The van der Waals surface area contributed by atoms with Crippen LogP contribution in [0.1, 0.15) is 25.3 Å². The average Bonchev–Trinajstić information content (AvgIpc) is 2.65. The summed E-state index contributed by atoms with van der Waals surface area (Å²) in [4.78, 5) is 16.1. The molecule has 1 fully saturated rings. The van der Waals surface area contributed by atoms with Gasteiger partial charge in [0.25, 0.3) is 0 Å². The summed E-state index contributed by atoms with van der Waals surface area (Å²) in [7, 11) is -0.192. The lowest BCUT2D eigenvalue weighted by atomic mass is 10.1. The van der Waals surface area contributed by atoms with Gasteiger partial charge < -0.3 is 14.5 Å². The van der Waals surface area contributed by atoms with Crippen molar-refractivity contribution in [3.8, 4) is 0 Å². The van der Waals surface area contributed by atoms with Crippen molar-refractivity contribution in [2.75, 3.05) is 40.4 Å². The Kier molecular flexibility index (Phi) is 7.43. The number of urea groups is 1. The molecule has 0 aromatic heterocycles. The minimum absolute atomic E-state index is 0.0751. The Morgan fingerprint density at radius 1 is 1.23 bits per heavy atom. The Hall–Kier alpha value is -1.64. The zero-order valence-electron chi connectivity index (χ0n) is 15.8. The van der Waals surface area contributed by atoms with E-state index in [0.717, 1.165) is 18.4 Å². The summed E-state index contributed by atoms with van der Waals surface area (Å²) in [6, 6.07) is 6.95. The van der Waals surface area contributed by atoms with Gasteiger partial charge in [0, 0.05) is 46.4 Å². The van der Waals surface area contributed by atoms with Crippen molar-refractivity contribution in [1.29, 1.82) is 0 Å². The maximum Gasteiger partial charge on any atom is 0.319 e. The molecule has 2 amide bonds. The van der Waals surface area contributed by atoms with Gasteiger partial charge in [-0.3, -0.25) is 0 Å². The maximum atomic E-state index is 12.6. The van der Waals surface area contributed by atoms with Gasteiger partial charge in [-0.05, 0) is 30.9 Å². The summed E-state index contributed by atoms with van der Waals surface area (Å²) in [6.07, 6.45) is 2.18. The summed E-state index contributed by atoms with van der Waals surface area (Å²) < 4.78 is 33.3. The summed E-state index contributed by atoms with van der Waals surface area (Å²) in [6.45, 7) is 3.68. The minimum Gasteiger partial charge on any atom is -0.381 e. The molecule has 1 N–H and O–H groups in total. The van der Waals surface area contributed by atoms with Crippen LogP contribution in [-0.4, -0.2) is 70.7 Å². The molecule has 1 heterocycles. The molecular formula is C18H29N3O4S. The second-order valence-electron chi connectivity index (χ2n) is 6.57. The fraction of sp³-hybridized carbons (Fsp3) is 0.611. The molecule has 1 aromatic rings. The second kappa shape index (κ2) is 9.34. The van der Waals surface area contributed by atoms with Crippen molar-refractivity contribution in [2.45, 2.75) is 37.1 Å². The van der Waals surface area contributed by atoms with Gasteiger partial charge in [0.2, 0.25) is 10.0 Å². The van der Waals surface area contributed by atoms with E-state index in [-0.39, 0.29) is 18.6 Å². The van der Waals surface area contributed by atoms with Gasteiger partial charge in [0.1, 0.15) is 0 Å². The zero-order chi connectivity index (χ0) is 19.2. The molecule has 8 heteroatoms. The lowest BCUT2D eigenvalue weighted by Crippen LogP contribution is -2.50. The molecular weight excluding hydrogens is 354 g/mol. The van der Waals surface area contributed by atoms with Crippen LogP contribution < -0.4 is 4.72 Å². The number of sulfonamides is 1. The third-order valence-corrected chi connectivity index (χ3v) is 6.11. The first-order chi connectivity index (χ1) is 12.4. The number of amides is 2. The van der Waals surface area contributed by atoms with Crippen LogP contribution in [0.4, 0.5) is 4.79 Å². The molecule has 2 rings (SSSR count). The lowest BCUT2D eigenvalue weighted by molar-refractivity contribution is 0.0421. The van der Waals surface area contributed by atoms with E-state index in [1.165, 1.54) is 4.90 Å². The minimum atomic E-state index is -3.60. The number of ether oxygens (including phenoxy) is 1. The standard InChI is InChI=1S/C18H29N3O4S/c1-4-15-7-5-6-8-17(15)26(23,24)19-11-12-21(18(22)20(2)3)16-9-13-25-14-10-16/h5-8,16,19H,4,9-14H2,1-3H3. The highest BCUT2D eigenvalue weighted by Crippen LogP contribution is 2.17. The molecule has 1 aliphatic rings. The first-order valence-corrected chi connectivity index (χ1v) is 10.5. The molecule has 0 aliphatic carbocycles. The maximum absolute atomic E-state index is 12.6. The highest BCUT2D eigenvalue weighted by atomic mass is 32.2. The van der Waals surface area contributed by atoms with E-state index in [9.17, 15) is 13.2 Å². The number of aryl methyl sites for hydroxylation is 1. The van der Waals surface area contributed by atoms with Gasteiger partial charge >= 0.3 is 6.03 Å². The van der Waals surface area contributed by atoms with Gasteiger partial charge in [0.15, 0.2) is 0 Å². The van der Waals surface area contributed by atoms with Crippen LogP contribution in [0.3, 0.4) is 0 Å². The van der Waals surface area contributed by atoms with Crippen LogP contribution in [0.2, 0.25) is 0 Å². The second-order valence-corrected chi connectivity index (χ2v) is 8.31. The molecule has 0 radical (unpaired) electrons. The molecule has 1 saturated heterocycles. The summed E-state index contributed by atoms with van der Waals surface area (Å²) in [5, 5.41) is 0. The van der Waals surface area contributed by atoms with E-state index in [2.05, 4.69) is 4.72 Å². The number of benzene rings is 1.